The minimum Gasteiger partial charge on any atom is -0.464 e. The number of nitrogens with one attached hydrogen (secondary N) is 8. The van der Waals surface area contributed by atoms with Gasteiger partial charge in [-0.25, -0.2) is 19.2 Å². The molecule has 0 aliphatic heterocycles. The first-order chi connectivity index (χ1) is 34.2. The first-order valence-corrected chi connectivity index (χ1v) is 25.0. The van der Waals surface area contributed by atoms with Gasteiger partial charge in [0, 0.05) is 13.8 Å². The molecule has 24 heteroatoms. The Labute approximate surface area is 435 Å². The Morgan fingerprint density at radius 3 is 0.878 bits per heavy atom. The standard InChI is InChI=1S/C50H84N8O16/c1-18-71-43(65)37(26(5)6)53-41(63)33(51-35(61)24-49(16,57-31(14)59)47(69)55-39(28(9)10)45(67)73-20-3)22-30(13)23-34(42(64)54-38(27(7)8)44(66)72-19-2)52-36(62)25-50(17,58-32(15)60)48(70)56-40(29(11)12)46(68)74-21-4/h26-29,33-34,37-40H,13,18-25H2,1-12,14-17H3,(H,51,61)(H,52,62)(H,53,63)(H,54,64)(H,55,69)(H,56,70)(H,57,59)(H,58,60)/t33-,34-,37+,38+,39+,40+,49-,50-/m1/s1. The van der Waals surface area contributed by atoms with Crippen molar-refractivity contribution in [2.75, 3.05) is 26.4 Å². The number of hydrogen-bond donors (Lipinski definition) is 8. The number of carbonyl (C=O) groups is 12. The van der Waals surface area contributed by atoms with Gasteiger partial charge >= 0.3 is 23.9 Å². The van der Waals surface area contributed by atoms with Gasteiger partial charge in [0.15, 0.2) is 0 Å². The van der Waals surface area contributed by atoms with Crippen LogP contribution in [0.1, 0.15) is 136 Å². The van der Waals surface area contributed by atoms with Crippen LogP contribution >= 0.6 is 0 Å². The van der Waals surface area contributed by atoms with E-state index in [2.05, 4.69) is 49.1 Å². The van der Waals surface area contributed by atoms with E-state index in [-0.39, 0.29) is 32.0 Å². The van der Waals surface area contributed by atoms with Gasteiger partial charge in [-0.1, -0.05) is 67.5 Å². The van der Waals surface area contributed by atoms with Crippen molar-refractivity contribution in [3.8, 4) is 0 Å². The van der Waals surface area contributed by atoms with Gasteiger partial charge in [0.05, 0.1) is 39.3 Å². The van der Waals surface area contributed by atoms with Gasteiger partial charge in [0.1, 0.15) is 47.3 Å². The molecule has 74 heavy (non-hydrogen) atoms. The van der Waals surface area contributed by atoms with E-state index in [4.69, 9.17) is 18.9 Å². The van der Waals surface area contributed by atoms with E-state index in [1.165, 1.54) is 13.8 Å². The third-order valence-electron chi connectivity index (χ3n) is 11.2. The van der Waals surface area contributed by atoms with Crippen LogP contribution in [0.4, 0.5) is 0 Å². The quantitative estimate of drug-likeness (QED) is 0.0261. The normalized spacial score (nSPS) is 15.2. The molecule has 0 fully saturated rings. The zero-order chi connectivity index (χ0) is 57.4. The zero-order valence-electron chi connectivity index (χ0n) is 46.2. The van der Waals surface area contributed by atoms with Gasteiger partial charge in [-0.3, -0.25) is 38.4 Å². The molecule has 8 N–H and O–H groups in total. The van der Waals surface area contributed by atoms with Crippen LogP contribution in [-0.4, -0.2) is 145 Å². The summed E-state index contributed by atoms with van der Waals surface area (Å²) in [7, 11) is 0. The predicted octanol–water partition coefficient (Wildman–Crippen LogP) is 0.678. The van der Waals surface area contributed by atoms with Crippen LogP contribution in [0.2, 0.25) is 0 Å². The van der Waals surface area contributed by atoms with Crippen molar-refractivity contribution in [3.63, 3.8) is 0 Å². The number of carbonyl (C=O) groups excluding carboxylic acids is 12. The van der Waals surface area contributed by atoms with Crippen molar-refractivity contribution >= 4 is 71.1 Å². The lowest BCUT2D eigenvalue weighted by Crippen LogP contribution is -2.62. The van der Waals surface area contributed by atoms with E-state index in [9.17, 15) is 57.5 Å². The molecule has 24 nitrogen and oxygen atoms in total. The molecule has 8 atom stereocenters. The fourth-order valence-electron chi connectivity index (χ4n) is 7.38. The molecule has 0 bridgehead atoms. The highest BCUT2D eigenvalue weighted by atomic mass is 16.5. The molecule has 0 saturated heterocycles. The van der Waals surface area contributed by atoms with Gasteiger partial charge < -0.3 is 61.5 Å². The molecule has 0 aliphatic rings. The first kappa shape index (κ1) is 67.4. The maximum atomic E-state index is 14.3. The molecule has 0 aliphatic carbocycles. The lowest BCUT2D eigenvalue weighted by molar-refractivity contribution is -0.150. The van der Waals surface area contributed by atoms with E-state index < -0.39 is 168 Å². The van der Waals surface area contributed by atoms with Crippen molar-refractivity contribution in [2.24, 2.45) is 23.7 Å². The second kappa shape index (κ2) is 31.9. The maximum absolute atomic E-state index is 14.3. The van der Waals surface area contributed by atoms with E-state index >= 15 is 0 Å². The van der Waals surface area contributed by atoms with Crippen LogP contribution < -0.4 is 42.5 Å². The minimum absolute atomic E-state index is 0.00517. The average Bonchev–Trinajstić information content (AvgIpc) is 3.26. The molecule has 420 valence electrons. The summed E-state index contributed by atoms with van der Waals surface area (Å²) in [5.74, 6) is -12.4. The maximum Gasteiger partial charge on any atom is 0.328 e. The smallest absolute Gasteiger partial charge is 0.328 e. The Hall–Kier alpha value is -6.62. The zero-order valence-corrected chi connectivity index (χ0v) is 46.2. The minimum atomic E-state index is -2.03. The number of esters is 4. The third kappa shape index (κ3) is 22.7. The Kier molecular flexibility index (Phi) is 29.0. The Bertz CT molecular complexity index is 1890. The molecule has 0 unspecified atom stereocenters. The fraction of sp³-hybridized carbons (Fsp3) is 0.720. The molecular weight excluding hydrogens is 969 g/mol. The molecule has 0 aromatic heterocycles. The second-order valence-corrected chi connectivity index (χ2v) is 19.6. The van der Waals surface area contributed by atoms with E-state index in [0.717, 1.165) is 13.8 Å². The second-order valence-electron chi connectivity index (χ2n) is 19.6. The summed E-state index contributed by atoms with van der Waals surface area (Å²) in [5, 5.41) is 20.2. The summed E-state index contributed by atoms with van der Waals surface area (Å²) < 4.78 is 20.6. The molecule has 0 radical (unpaired) electrons. The third-order valence-corrected chi connectivity index (χ3v) is 11.2. The molecule has 8 amide bonds. The molecule has 0 heterocycles. The highest BCUT2D eigenvalue weighted by Gasteiger charge is 2.43. The molecular formula is C50H84N8O16. The molecule has 0 saturated carbocycles. The van der Waals surface area contributed by atoms with Crippen LogP contribution in [0, 0.1) is 23.7 Å². The molecule has 0 aromatic rings. The Morgan fingerprint density at radius 1 is 0.419 bits per heavy atom. The monoisotopic (exact) mass is 1050 g/mol. The van der Waals surface area contributed by atoms with Crippen LogP contribution in [0.3, 0.4) is 0 Å². The van der Waals surface area contributed by atoms with Gasteiger partial charge in [-0.2, -0.15) is 0 Å². The predicted molar refractivity (Wildman–Crippen MR) is 270 cm³/mol. The molecule has 0 spiro atoms. The van der Waals surface area contributed by atoms with Gasteiger partial charge in [-0.05, 0) is 78.1 Å². The topological polar surface area (TPSA) is 338 Å². The van der Waals surface area contributed by atoms with Crippen LogP contribution in [-0.2, 0) is 76.5 Å². The summed E-state index contributed by atoms with van der Waals surface area (Å²) in [4.78, 5) is 161. The Morgan fingerprint density at radius 2 is 0.662 bits per heavy atom. The van der Waals surface area contributed by atoms with E-state index in [0.29, 0.717) is 0 Å². The molecule has 0 rings (SSSR count). The summed E-state index contributed by atoms with van der Waals surface area (Å²) in [6, 6.07) is -8.11. The number of amides is 8. The van der Waals surface area contributed by atoms with E-state index in [1.54, 1.807) is 83.1 Å². The summed E-state index contributed by atoms with van der Waals surface area (Å²) in [5.41, 5.74) is -4.06. The average molecular weight is 1050 g/mol. The van der Waals surface area contributed by atoms with Crippen molar-refractivity contribution in [1.29, 1.82) is 0 Å². The van der Waals surface area contributed by atoms with Gasteiger partial charge in [0.2, 0.25) is 47.3 Å². The highest BCUT2D eigenvalue weighted by Crippen LogP contribution is 2.19. The number of ether oxygens (including phenoxy) is 4. The van der Waals surface area contributed by atoms with Crippen LogP contribution in [0.15, 0.2) is 12.2 Å². The summed E-state index contributed by atoms with van der Waals surface area (Å²) in [6.07, 6.45) is -2.63. The molecule has 0 aromatic carbocycles. The summed E-state index contributed by atoms with van der Waals surface area (Å²) in [6.45, 7) is 28.0. The SMILES string of the molecule is C=C(C[C@@H](NC(=O)C[C@@](C)(NC(C)=O)C(=O)N[C@H](C(=O)OCC)C(C)C)C(=O)N[C@H](C(=O)OCC)C(C)C)C[C@@H](NC(=O)C[C@@](C)(NC(C)=O)C(=O)N[C@H](C(=O)OCC)C(C)C)C(=O)N[C@H](C(=O)OCC)C(C)C. The van der Waals surface area contributed by atoms with E-state index in [1.807, 2.05) is 0 Å². The lowest BCUT2D eigenvalue weighted by atomic mass is 9.92. The summed E-state index contributed by atoms with van der Waals surface area (Å²) >= 11 is 0. The fourth-order valence-corrected chi connectivity index (χ4v) is 7.38. The van der Waals surface area contributed by atoms with Crippen molar-refractivity contribution in [3.05, 3.63) is 12.2 Å². The van der Waals surface area contributed by atoms with Crippen LogP contribution in [0.5, 0.6) is 0 Å². The highest BCUT2D eigenvalue weighted by molar-refractivity contribution is 6.00. The van der Waals surface area contributed by atoms with Crippen molar-refractivity contribution in [2.45, 2.75) is 184 Å². The van der Waals surface area contributed by atoms with Crippen molar-refractivity contribution in [1.82, 2.24) is 42.5 Å². The van der Waals surface area contributed by atoms with Gasteiger partial charge in [0.25, 0.3) is 0 Å². The van der Waals surface area contributed by atoms with Crippen LogP contribution in [0.25, 0.3) is 0 Å². The Balaban J connectivity index is 7.47. The largest absolute Gasteiger partial charge is 0.464 e. The van der Waals surface area contributed by atoms with Crippen molar-refractivity contribution < 1.29 is 76.5 Å². The number of rotatable bonds is 32. The van der Waals surface area contributed by atoms with Gasteiger partial charge in [-0.15, -0.1) is 0 Å². The lowest BCUT2D eigenvalue weighted by Gasteiger charge is -2.32. The first-order valence-electron chi connectivity index (χ1n) is 25.0. The number of hydrogen-bond acceptors (Lipinski definition) is 16.